The maximum absolute atomic E-state index is 5.60. The third kappa shape index (κ3) is 2.73. The molecule has 0 atom stereocenters. The van der Waals surface area contributed by atoms with Gasteiger partial charge in [-0.15, -0.1) is 0 Å². The second-order valence-electron chi connectivity index (χ2n) is 4.13. The molecule has 0 amide bonds. The van der Waals surface area contributed by atoms with E-state index in [-0.39, 0.29) is 0 Å². The van der Waals surface area contributed by atoms with Crippen LogP contribution in [0.3, 0.4) is 0 Å². The van der Waals surface area contributed by atoms with Crippen LogP contribution in [-0.2, 0) is 25.9 Å². The lowest BCUT2D eigenvalue weighted by Crippen LogP contribution is -2.09. The number of hydrogen-bond acceptors (Lipinski definition) is 4. The summed E-state index contributed by atoms with van der Waals surface area (Å²) < 4.78 is 1.93. The first-order chi connectivity index (χ1) is 8.76. The highest BCUT2D eigenvalue weighted by molar-refractivity contribution is 5.11. The first-order valence-electron chi connectivity index (χ1n) is 6.34. The zero-order valence-corrected chi connectivity index (χ0v) is 10.9. The zero-order valence-electron chi connectivity index (χ0n) is 10.9. The monoisotopic (exact) mass is 245 g/mol. The molecule has 0 aliphatic rings. The van der Waals surface area contributed by atoms with Crippen molar-refractivity contribution in [3.05, 3.63) is 41.2 Å². The molecule has 0 aliphatic heterocycles. The van der Waals surface area contributed by atoms with Crippen molar-refractivity contribution < 1.29 is 0 Å². The Labute approximate surface area is 107 Å². The molecule has 0 aliphatic carbocycles. The van der Waals surface area contributed by atoms with Crippen molar-refractivity contribution in [2.75, 3.05) is 0 Å². The van der Waals surface area contributed by atoms with Crippen LogP contribution in [0, 0.1) is 0 Å². The third-order valence-corrected chi connectivity index (χ3v) is 2.81. The van der Waals surface area contributed by atoms with Crippen LogP contribution in [0.1, 0.15) is 36.9 Å². The molecule has 0 unspecified atom stereocenters. The fraction of sp³-hybridized carbons (Fsp3) is 0.462. The summed E-state index contributed by atoms with van der Waals surface area (Å²) in [5, 5.41) is 4.48. The minimum absolute atomic E-state index is 0.464. The van der Waals surface area contributed by atoms with E-state index in [2.05, 4.69) is 28.9 Å². The fourth-order valence-electron chi connectivity index (χ4n) is 1.85. The molecule has 2 heterocycles. The fourth-order valence-corrected chi connectivity index (χ4v) is 1.85. The Balaban J connectivity index is 2.24. The minimum atomic E-state index is 0.464. The molecule has 2 aromatic heterocycles. The lowest BCUT2D eigenvalue weighted by atomic mass is 10.3. The van der Waals surface area contributed by atoms with E-state index in [1.165, 1.54) is 0 Å². The summed E-state index contributed by atoms with van der Waals surface area (Å²) in [5.74, 6) is 1.90. The van der Waals surface area contributed by atoms with Gasteiger partial charge in [-0.1, -0.05) is 19.9 Å². The van der Waals surface area contributed by atoms with Gasteiger partial charge in [0, 0.05) is 19.4 Å². The van der Waals surface area contributed by atoms with Crippen molar-refractivity contribution in [3.8, 4) is 0 Å². The van der Waals surface area contributed by atoms with Crippen LogP contribution in [0.4, 0.5) is 0 Å². The first kappa shape index (κ1) is 12.7. The van der Waals surface area contributed by atoms with Gasteiger partial charge in [0.05, 0.1) is 17.9 Å². The molecule has 96 valence electrons. The summed E-state index contributed by atoms with van der Waals surface area (Å²) in [4.78, 5) is 8.97. The summed E-state index contributed by atoms with van der Waals surface area (Å²) in [6, 6.07) is 5.91. The van der Waals surface area contributed by atoms with Crippen LogP contribution in [-0.4, -0.2) is 19.7 Å². The van der Waals surface area contributed by atoms with Crippen molar-refractivity contribution in [1.82, 2.24) is 19.7 Å². The van der Waals surface area contributed by atoms with Crippen molar-refractivity contribution >= 4 is 0 Å². The van der Waals surface area contributed by atoms with Gasteiger partial charge >= 0.3 is 0 Å². The van der Waals surface area contributed by atoms with Crippen molar-refractivity contribution in [3.63, 3.8) is 0 Å². The SMILES string of the molecule is CCc1nc(CC)n(Cc2cccc(CN)n2)n1. The highest BCUT2D eigenvalue weighted by atomic mass is 15.3. The van der Waals surface area contributed by atoms with E-state index in [0.717, 1.165) is 35.9 Å². The Bertz CT molecular complexity index is 518. The van der Waals surface area contributed by atoms with Crippen LogP contribution in [0.15, 0.2) is 18.2 Å². The zero-order chi connectivity index (χ0) is 13.0. The molecule has 2 aromatic rings. The van der Waals surface area contributed by atoms with E-state index in [4.69, 9.17) is 5.73 Å². The van der Waals surface area contributed by atoms with Crippen LogP contribution in [0.25, 0.3) is 0 Å². The summed E-state index contributed by atoms with van der Waals surface area (Å²) in [5.41, 5.74) is 7.47. The van der Waals surface area contributed by atoms with E-state index >= 15 is 0 Å². The molecule has 0 spiro atoms. The first-order valence-corrected chi connectivity index (χ1v) is 6.34. The van der Waals surface area contributed by atoms with Crippen LogP contribution in [0.2, 0.25) is 0 Å². The maximum Gasteiger partial charge on any atom is 0.150 e. The summed E-state index contributed by atoms with van der Waals surface area (Å²) >= 11 is 0. The minimum Gasteiger partial charge on any atom is -0.325 e. The van der Waals surface area contributed by atoms with E-state index in [9.17, 15) is 0 Å². The lowest BCUT2D eigenvalue weighted by Gasteiger charge is -2.05. The number of nitrogens with two attached hydrogens (primary N) is 1. The molecule has 0 radical (unpaired) electrons. The smallest absolute Gasteiger partial charge is 0.150 e. The third-order valence-electron chi connectivity index (χ3n) is 2.81. The molecule has 5 nitrogen and oxygen atoms in total. The molecular formula is C13H19N5. The molecule has 0 saturated carbocycles. The number of rotatable bonds is 5. The van der Waals surface area contributed by atoms with Gasteiger partial charge in [0.25, 0.3) is 0 Å². The van der Waals surface area contributed by atoms with Crippen molar-refractivity contribution in [1.29, 1.82) is 0 Å². The standard InChI is InChI=1S/C13H19N5/c1-3-12-16-13(4-2)18(17-12)9-11-7-5-6-10(8-14)15-11/h5-7H,3-4,8-9,14H2,1-2H3. The quantitative estimate of drug-likeness (QED) is 0.862. The average Bonchev–Trinajstić information content (AvgIpc) is 2.81. The number of aromatic nitrogens is 4. The average molecular weight is 245 g/mol. The van der Waals surface area contributed by atoms with Gasteiger partial charge in [0.1, 0.15) is 5.82 Å². The second-order valence-corrected chi connectivity index (χ2v) is 4.13. The van der Waals surface area contributed by atoms with Gasteiger partial charge in [-0.3, -0.25) is 4.98 Å². The molecule has 2 N–H and O–H groups in total. The molecule has 0 fully saturated rings. The van der Waals surface area contributed by atoms with Crippen molar-refractivity contribution in [2.24, 2.45) is 5.73 Å². The molecule has 2 rings (SSSR count). The predicted octanol–water partition coefficient (Wildman–Crippen LogP) is 1.30. The number of hydrogen-bond donors (Lipinski definition) is 1. The van der Waals surface area contributed by atoms with E-state index in [1.807, 2.05) is 22.9 Å². The van der Waals surface area contributed by atoms with Gasteiger partial charge in [0.2, 0.25) is 0 Å². The lowest BCUT2D eigenvalue weighted by molar-refractivity contribution is 0.624. The molecule has 18 heavy (non-hydrogen) atoms. The number of aryl methyl sites for hydroxylation is 2. The van der Waals surface area contributed by atoms with Crippen molar-refractivity contribution in [2.45, 2.75) is 39.8 Å². The van der Waals surface area contributed by atoms with Crippen LogP contribution in [0.5, 0.6) is 0 Å². The van der Waals surface area contributed by atoms with Gasteiger partial charge in [-0.05, 0) is 12.1 Å². The molecule has 0 bridgehead atoms. The van der Waals surface area contributed by atoms with E-state index in [1.54, 1.807) is 0 Å². The molecular weight excluding hydrogens is 226 g/mol. The van der Waals surface area contributed by atoms with E-state index < -0.39 is 0 Å². The highest BCUT2D eigenvalue weighted by Crippen LogP contribution is 2.06. The molecule has 0 aromatic carbocycles. The Morgan fingerprint density at radius 1 is 1.11 bits per heavy atom. The van der Waals surface area contributed by atoms with Crippen LogP contribution >= 0.6 is 0 Å². The second kappa shape index (κ2) is 5.73. The topological polar surface area (TPSA) is 69.6 Å². The predicted molar refractivity (Wildman–Crippen MR) is 70.0 cm³/mol. The summed E-state index contributed by atoms with van der Waals surface area (Å²) in [6.07, 6.45) is 1.74. The largest absolute Gasteiger partial charge is 0.325 e. The van der Waals surface area contributed by atoms with Crippen LogP contribution < -0.4 is 5.73 Å². The van der Waals surface area contributed by atoms with E-state index in [0.29, 0.717) is 13.1 Å². The highest BCUT2D eigenvalue weighted by Gasteiger charge is 2.08. The molecule has 5 heteroatoms. The molecule has 0 saturated heterocycles. The van der Waals surface area contributed by atoms with Gasteiger partial charge < -0.3 is 5.73 Å². The Kier molecular flexibility index (Phi) is 4.04. The Morgan fingerprint density at radius 2 is 1.89 bits per heavy atom. The Morgan fingerprint density at radius 3 is 2.56 bits per heavy atom. The van der Waals surface area contributed by atoms with Gasteiger partial charge in [-0.2, -0.15) is 5.10 Å². The normalized spacial score (nSPS) is 10.8. The summed E-state index contributed by atoms with van der Waals surface area (Å²) in [6.45, 7) is 5.27. The summed E-state index contributed by atoms with van der Waals surface area (Å²) in [7, 11) is 0. The van der Waals surface area contributed by atoms with Gasteiger partial charge in [0.15, 0.2) is 5.82 Å². The Hall–Kier alpha value is -1.75. The maximum atomic E-state index is 5.60. The number of nitrogens with zero attached hydrogens (tertiary/aromatic N) is 4. The van der Waals surface area contributed by atoms with Gasteiger partial charge in [-0.25, -0.2) is 9.67 Å². The number of pyridine rings is 1.